The van der Waals surface area contributed by atoms with E-state index in [-0.39, 0.29) is 36.2 Å². The van der Waals surface area contributed by atoms with E-state index in [1.807, 2.05) is 57.6 Å². The predicted octanol–water partition coefficient (Wildman–Crippen LogP) is 11.4. The lowest BCUT2D eigenvalue weighted by molar-refractivity contribution is -0.887. The largest absolute Gasteiger partial charge is 0.477 e. The maximum atomic E-state index is 12.7. The van der Waals surface area contributed by atoms with Gasteiger partial charge in [-0.15, -0.1) is 0 Å². The summed E-state index contributed by atoms with van der Waals surface area (Å²) in [6, 6.07) is -0.629. The van der Waals surface area contributed by atoms with E-state index in [1.165, 1.54) is 32.1 Å². The maximum Gasteiger partial charge on any atom is 0.362 e. The monoisotopic (exact) mass is 769 g/mol. The molecule has 0 aromatic carbocycles. The van der Waals surface area contributed by atoms with Gasteiger partial charge in [-0.05, 0) is 57.8 Å². The first-order valence-corrected chi connectivity index (χ1v) is 21.2. The van der Waals surface area contributed by atoms with Crippen LogP contribution in [0.25, 0.3) is 0 Å². The molecule has 0 amide bonds. The van der Waals surface area contributed by atoms with Crippen LogP contribution in [0.3, 0.4) is 0 Å². The van der Waals surface area contributed by atoms with Gasteiger partial charge in [0.15, 0.2) is 12.1 Å². The van der Waals surface area contributed by atoms with Crippen molar-refractivity contribution >= 4 is 17.9 Å². The van der Waals surface area contributed by atoms with Crippen LogP contribution in [0.15, 0.2) is 85.1 Å². The van der Waals surface area contributed by atoms with Crippen LogP contribution >= 0.6 is 0 Å². The molecule has 0 aliphatic carbocycles. The molecule has 0 bridgehead atoms. The number of carbonyl (C=O) groups excluding carboxylic acids is 2. The average molecular weight is 769 g/mol. The number of allylic oxidation sites excluding steroid dienone is 14. The van der Waals surface area contributed by atoms with E-state index < -0.39 is 18.1 Å². The van der Waals surface area contributed by atoms with Crippen molar-refractivity contribution in [2.24, 2.45) is 0 Å². The summed E-state index contributed by atoms with van der Waals surface area (Å²) < 4.78 is 17.2. The average Bonchev–Trinajstić information content (AvgIpc) is 3.14. The zero-order valence-corrected chi connectivity index (χ0v) is 35.3. The van der Waals surface area contributed by atoms with Crippen molar-refractivity contribution in [3.63, 3.8) is 0 Å². The van der Waals surface area contributed by atoms with Crippen LogP contribution in [0.4, 0.5) is 0 Å². The van der Waals surface area contributed by atoms with Gasteiger partial charge in [0, 0.05) is 19.3 Å². The number of rotatable bonds is 36. The minimum absolute atomic E-state index is 0.0344. The smallest absolute Gasteiger partial charge is 0.362 e. The lowest BCUT2D eigenvalue weighted by Gasteiger charge is -2.31. The Balaban J connectivity index is 4.49. The van der Waals surface area contributed by atoms with Gasteiger partial charge in [0.25, 0.3) is 0 Å². The molecule has 312 valence electrons. The number of quaternary nitrogens is 1. The molecule has 0 radical (unpaired) electrons. The first kappa shape index (κ1) is 51.5. The summed E-state index contributed by atoms with van der Waals surface area (Å²) in [6.45, 7) is 4.49. The van der Waals surface area contributed by atoms with Crippen molar-refractivity contribution in [1.29, 1.82) is 0 Å². The van der Waals surface area contributed by atoms with Crippen molar-refractivity contribution in [2.45, 2.75) is 154 Å². The van der Waals surface area contributed by atoms with Crippen LogP contribution in [-0.2, 0) is 28.6 Å². The number of hydrogen-bond acceptors (Lipinski definition) is 6. The van der Waals surface area contributed by atoms with Gasteiger partial charge in [0.05, 0.1) is 34.4 Å². The first-order valence-electron chi connectivity index (χ1n) is 21.2. The molecule has 2 unspecified atom stereocenters. The van der Waals surface area contributed by atoms with E-state index in [2.05, 4.69) is 62.5 Å². The van der Waals surface area contributed by atoms with Gasteiger partial charge in [-0.25, -0.2) is 4.79 Å². The molecule has 0 spiro atoms. The summed E-state index contributed by atoms with van der Waals surface area (Å²) in [6.07, 6.45) is 47.7. The highest BCUT2D eigenvalue weighted by Crippen LogP contribution is 2.12. The van der Waals surface area contributed by atoms with Crippen LogP contribution in [0.2, 0.25) is 0 Å². The number of carboxylic acids is 1. The fourth-order valence-corrected chi connectivity index (χ4v) is 5.63. The van der Waals surface area contributed by atoms with E-state index >= 15 is 0 Å². The Morgan fingerprint density at radius 2 is 1.02 bits per heavy atom. The molecular formula is C47H78NO7+. The molecule has 0 aromatic rings. The van der Waals surface area contributed by atoms with Crippen LogP contribution in [0.1, 0.15) is 142 Å². The molecule has 0 heterocycles. The first-order chi connectivity index (χ1) is 26.6. The zero-order valence-electron chi connectivity index (χ0n) is 35.3. The predicted molar refractivity (Wildman–Crippen MR) is 229 cm³/mol. The summed E-state index contributed by atoms with van der Waals surface area (Å²) >= 11 is 0. The number of ether oxygens (including phenoxy) is 3. The third-order valence-corrected chi connectivity index (χ3v) is 8.93. The summed E-state index contributed by atoms with van der Waals surface area (Å²) in [5.74, 6) is -1.56. The minimum atomic E-state index is -0.889. The molecule has 0 aliphatic rings. The molecular weight excluding hydrogens is 691 g/mol. The third-order valence-electron chi connectivity index (χ3n) is 8.93. The van der Waals surface area contributed by atoms with E-state index in [0.717, 1.165) is 77.0 Å². The molecule has 2 atom stereocenters. The molecule has 0 fully saturated rings. The molecule has 0 rings (SSSR count). The Labute approximate surface area is 335 Å². The molecule has 0 saturated heterocycles. The van der Waals surface area contributed by atoms with E-state index in [1.54, 1.807) is 0 Å². The summed E-state index contributed by atoms with van der Waals surface area (Å²) in [5, 5.41) is 9.61. The standard InChI is InChI=1S/C47H77NO7/c1-6-8-10-12-14-16-18-20-21-22-23-24-26-28-30-32-34-36-38-46(50)55-43(41-53-40-39-44(47(51)52)48(3,4)5)42-54-45(49)37-35-33-31-29-27-25-19-17-15-13-11-9-7-2/h9,11,13,15,17-25,27,43-44H,6-8,10,12,14,16,26,28-42H2,1-5H3/p+1/b11-9+,15-13+,19-17+,20-18+,22-21+,24-23+,27-25+. The van der Waals surface area contributed by atoms with E-state index in [4.69, 9.17) is 14.2 Å². The van der Waals surface area contributed by atoms with Gasteiger partial charge in [0.2, 0.25) is 0 Å². The Bertz CT molecular complexity index is 1170. The number of esters is 2. The number of aliphatic carboxylic acids is 1. The summed E-state index contributed by atoms with van der Waals surface area (Å²) in [4.78, 5) is 36.9. The van der Waals surface area contributed by atoms with Crippen molar-refractivity contribution < 1.29 is 38.2 Å². The Kier molecular flexibility index (Phi) is 35.1. The molecule has 8 heteroatoms. The molecule has 0 aliphatic heterocycles. The van der Waals surface area contributed by atoms with Crippen molar-refractivity contribution in [2.75, 3.05) is 41.0 Å². The van der Waals surface area contributed by atoms with E-state index in [0.29, 0.717) is 19.3 Å². The van der Waals surface area contributed by atoms with Gasteiger partial charge in [-0.1, -0.05) is 150 Å². The normalized spacial score (nSPS) is 13.8. The summed E-state index contributed by atoms with van der Waals surface area (Å²) in [5.41, 5.74) is 0. The minimum Gasteiger partial charge on any atom is -0.477 e. The molecule has 55 heavy (non-hydrogen) atoms. The van der Waals surface area contributed by atoms with Crippen molar-refractivity contribution in [1.82, 2.24) is 0 Å². The Morgan fingerprint density at radius 3 is 1.53 bits per heavy atom. The van der Waals surface area contributed by atoms with Crippen molar-refractivity contribution in [3.05, 3.63) is 85.1 Å². The fraction of sp³-hybridized carbons (Fsp3) is 0.638. The van der Waals surface area contributed by atoms with Crippen LogP contribution in [0.5, 0.6) is 0 Å². The van der Waals surface area contributed by atoms with Crippen LogP contribution in [-0.4, -0.2) is 80.6 Å². The number of likely N-dealkylation sites (N-methyl/N-ethyl adjacent to an activating group) is 1. The molecule has 8 nitrogen and oxygen atoms in total. The second kappa shape index (κ2) is 37.4. The molecule has 0 saturated carbocycles. The lowest BCUT2D eigenvalue weighted by atomic mass is 10.1. The zero-order chi connectivity index (χ0) is 40.7. The van der Waals surface area contributed by atoms with Gasteiger partial charge in [-0.3, -0.25) is 9.59 Å². The highest BCUT2D eigenvalue weighted by atomic mass is 16.6. The second-order valence-electron chi connectivity index (χ2n) is 15.0. The Morgan fingerprint density at radius 1 is 0.564 bits per heavy atom. The SMILES string of the molecule is CC/C=C/C=C/C=C/C=C/CCCCCC(=O)OCC(COCCC(C(=O)O)[N+](C)(C)C)OC(=O)CCCCCCC/C=C/C=C/C=C/CCCCCCC. The quantitative estimate of drug-likeness (QED) is 0.0293. The van der Waals surface area contributed by atoms with Crippen LogP contribution < -0.4 is 0 Å². The lowest BCUT2D eigenvalue weighted by Crippen LogP contribution is -2.50. The van der Waals surface area contributed by atoms with E-state index in [9.17, 15) is 19.5 Å². The number of unbranched alkanes of at least 4 members (excludes halogenated alkanes) is 13. The number of nitrogens with zero attached hydrogens (tertiary/aromatic N) is 1. The Hall–Kier alpha value is -3.49. The summed E-state index contributed by atoms with van der Waals surface area (Å²) in [7, 11) is 5.49. The van der Waals surface area contributed by atoms with Gasteiger partial charge < -0.3 is 23.8 Å². The maximum absolute atomic E-state index is 12.7. The molecule has 1 N–H and O–H groups in total. The van der Waals surface area contributed by atoms with Gasteiger partial charge in [-0.2, -0.15) is 0 Å². The second-order valence-corrected chi connectivity index (χ2v) is 15.0. The number of carboxylic acid groups (broad SMARTS) is 1. The number of carbonyl (C=O) groups is 3. The van der Waals surface area contributed by atoms with Gasteiger partial charge in [0.1, 0.15) is 6.61 Å². The van der Waals surface area contributed by atoms with Gasteiger partial charge >= 0.3 is 17.9 Å². The molecule has 0 aromatic heterocycles. The fourth-order valence-electron chi connectivity index (χ4n) is 5.63. The highest BCUT2D eigenvalue weighted by molar-refractivity contribution is 5.72. The topological polar surface area (TPSA) is 99.1 Å². The number of hydrogen-bond donors (Lipinski definition) is 1. The highest BCUT2D eigenvalue weighted by Gasteiger charge is 2.31. The van der Waals surface area contributed by atoms with Crippen molar-refractivity contribution in [3.8, 4) is 0 Å². The van der Waals surface area contributed by atoms with Crippen LogP contribution in [0, 0.1) is 0 Å². The third kappa shape index (κ3) is 35.9.